The monoisotopic (exact) mass is 391 g/mol. The third-order valence-corrected chi connectivity index (χ3v) is 5.53. The van der Waals surface area contributed by atoms with Gasteiger partial charge in [-0.05, 0) is 42.7 Å². The van der Waals surface area contributed by atoms with Crippen molar-refractivity contribution in [2.24, 2.45) is 0 Å². The number of carboxylic acids is 1. The summed E-state index contributed by atoms with van der Waals surface area (Å²) in [6, 6.07) is 7.68. The average Bonchev–Trinajstić information content (AvgIpc) is 3.20. The molecule has 1 saturated heterocycles. The van der Waals surface area contributed by atoms with E-state index in [0.29, 0.717) is 32.6 Å². The van der Waals surface area contributed by atoms with Crippen LogP contribution in [0.5, 0.6) is 11.5 Å². The number of likely N-dealkylation sites (tertiary alicyclic amines) is 1. The number of hydrogen-bond acceptors (Lipinski definition) is 6. The summed E-state index contributed by atoms with van der Waals surface area (Å²) in [6.07, 6.45) is 1.72. The summed E-state index contributed by atoms with van der Waals surface area (Å²) < 4.78 is 5.71. The van der Waals surface area contributed by atoms with Crippen molar-refractivity contribution in [3.63, 3.8) is 0 Å². The molecule has 8 heteroatoms. The second-order valence-corrected chi connectivity index (χ2v) is 7.64. The first kappa shape index (κ1) is 19.2. The van der Waals surface area contributed by atoms with Crippen LogP contribution in [0.2, 0.25) is 0 Å². The van der Waals surface area contributed by atoms with Crippen LogP contribution in [0.25, 0.3) is 0 Å². The zero-order chi connectivity index (χ0) is 19.4. The van der Waals surface area contributed by atoms with E-state index in [1.807, 2.05) is 0 Å². The number of nitrogens with zero attached hydrogens (tertiary/aromatic N) is 1. The standard InChI is InChI=1S/C19H21NO6S/c21-14-7-12(8-15(22)9-14)5-6-20-13(1-4-18(20)23)10-26-11-16-2-3-17(27-16)19(24)25/h2-3,7-9,13,21-22H,1,4-6,10-11H2,(H,24,25)/t13-/m1/s1. The third-order valence-electron chi connectivity index (χ3n) is 4.48. The van der Waals surface area contributed by atoms with E-state index in [9.17, 15) is 19.8 Å². The Balaban J connectivity index is 1.51. The minimum absolute atomic E-state index is 0.00527. The molecule has 0 spiro atoms. The minimum Gasteiger partial charge on any atom is -0.508 e. The molecule has 1 amide bonds. The largest absolute Gasteiger partial charge is 0.508 e. The first-order chi connectivity index (χ1) is 12.9. The van der Waals surface area contributed by atoms with Gasteiger partial charge in [-0.25, -0.2) is 4.79 Å². The average molecular weight is 391 g/mol. The normalized spacial score (nSPS) is 16.8. The Hall–Kier alpha value is -2.58. The van der Waals surface area contributed by atoms with Gasteiger partial charge in [0.05, 0.1) is 19.3 Å². The molecule has 0 saturated carbocycles. The number of phenolic OH excluding ortho intramolecular Hbond substituents is 2. The van der Waals surface area contributed by atoms with Gasteiger partial charge in [-0.3, -0.25) is 4.79 Å². The van der Waals surface area contributed by atoms with Gasteiger partial charge in [0, 0.05) is 23.9 Å². The van der Waals surface area contributed by atoms with E-state index in [1.54, 1.807) is 29.2 Å². The number of phenols is 2. The van der Waals surface area contributed by atoms with Crippen LogP contribution in [0.15, 0.2) is 30.3 Å². The number of rotatable bonds is 8. The molecule has 0 unspecified atom stereocenters. The van der Waals surface area contributed by atoms with Gasteiger partial charge in [0.2, 0.25) is 5.91 Å². The minimum atomic E-state index is -0.947. The van der Waals surface area contributed by atoms with Crippen molar-refractivity contribution >= 4 is 23.2 Å². The highest BCUT2D eigenvalue weighted by atomic mass is 32.1. The second kappa shape index (κ2) is 8.41. The van der Waals surface area contributed by atoms with E-state index in [0.717, 1.165) is 16.9 Å². The zero-order valence-electron chi connectivity index (χ0n) is 14.6. The third kappa shape index (κ3) is 4.99. The van der Waals surface area contributed by atoms with Crippen molar-refractivity contribution in [2.45, 2.75) is 31.9 Å². The predicted molar refractivity (Wildman–Crippen MR) is 99.1 cm³/mol. The van der Waals surface area contributed by atoms with Crippen molar-refractivity contribution in [1.29, 1.82) is 0 Å². The van der Waals surface area contributed by atoms with Crippen LogP contribution in [-0.4, -0.2) is 51.3 Å². The van der Waals surface area contributed by atoms with E-state index in [1.165, 1.54) is 17.4 Å². The molecule has 2 heterocycles. The van der Waals surface area contributed by atoms with Crippen molar-refractivity contribution < 1.29 is 29.6 Å². The summed E-state index contributed by atoms with van der Waals surface area (Å²) in [6.45, 7) is 1.19. The van der Waals surface area contributed by atoms with E-state index in [2.05, 4.69) is 0 Å². The quantitative estimate of drug-likeness (QED) is 0.639. The molecule has 1 aromatic carbocycles. The summed E-state index contributed by atoms with van der Waals surface area (Å²) in [5, 5.41) is 28.0. The number of carboxylic acid groups (broad SMARTS) is 1. The number of thiophene rings is 1. The number of ether oxygens (including phenoxy) is 1. The molecule has 1 fully saturated rings. The van der Waals surface area contributed by atoms with Gasteiger partial charge < -0.3 is 25.0 Å². The Kier molecular flexibility index (Phi) is 5.98. The summed E-state index contributed by atoms with van der Waals surface area (Å²) in [5.41, 5.74) is 0.756. The van der Waals surface area contributed by atoms with Gasteiger partial charge in [-0.15, -0.1) is 11.3 Å². The number of aromatic hydroxyl groups is 2. The Morgan fingerprint density at radius 2 is 1.96 bits per heavy atom. The molecule has 0 aliphatic carbocycles. The molecular weight excluding hydrogens is 370 g/mol. The maximum absolute atomic E-state index is 12.2. The fourth-order valence-electron chi connectivity index (χ4n) is 3.19. The van der Waals surface area contributed by atoms with Crippen molar-refractivity contribution in [3.05, 3.63) is 45.6 Å². The Bertz CT molecular complexity index is 813. The van der Waals surface area contributed by atoms with E-state index in [-0.39, 0.29) is 28.3 Å². The summed E-state index contributed by atoms with van der Waals surface area (Å²) in [4.78, 5) is 25.9. The Morgan fingerprint density at radius 3 is 2.63 bits per heavy atom. The van der Waals surface area contributed by atoms with Gasteiger partial charge in [-0.2, -0.15) is 0 Å². The van der Waals surface area contributed by atoms with Gasteiger partial charge in [-0.1, -0.05) is 0 Å². The smallest absolute Gasteiger partial charge is 0.345 e. The van der Waals surface area contributed by atoms with E-state index >= 15 is 0 Å². The summed E-state index contributed by atoms with van der Waals surface area (Å²) >= 11 is 1.18. The first-order valence-corrected chi connectivity index (χ1v) is 9.45. The number of carbonyl (C=O) groups is 2. The molecule has 1 aliphatic heterocycles. The maximum Gasteiger partial charge on any atom is 0.345 e. The fraction of sp³-hybridized carbons (Fsp3) is 0.368. The SMILES string of the molecule is O=C(O)c1ccc(COC[C@H]2CCC(=O)N2CCc2cc(O)cc(O)c2)s1. The first-order valence-electron chi connectivity index (χ1n) is 8.63. The highest BCUT2D eigenvalue weighted by molar-refractivity contribution is 7.13. The highest BCUT2D eigenvalue weighted by Crippen LogP contribution is 2.24. The van der Waals surface area contributed by atoms with Gasteiger partial charge in [0.1, 0.15) is 16.4 Å². The molecule has 1 aromatic heterocycles. The van der Waals surface area contributed by atoms with Crippen LogP contribution in [-0.2, 0) is 22.6 Å². The molecule has 3 N–H and O–H groups in total. The molecule has 144 valence electrons. The van der Waals surface area contributed by atoms with Gasteiger partial charge >= 0.3 is 5.97 Å². The summed E-state index contributed by atoms with van der Waals surface area (Å²) in [5.74, 6) is -0.891. The zero-order valence-corrected chi connectivity index (χ0v) is 15.4. The molecule has 0 bridgehead atoms. The molecule has 27 heavy (non-hydrogen) atoms. The molecule has 1 atom stereocenters. The van der Waals surface area contributed by atoms with Crippen LogP contribution in [0, 0.1) is 0 Å². The van der Waals surface area contributed by atoms with E-state index in [4.69, 9.17) is 9.84 Å². The number of hydrogen-bond donors (Lipinski definition) is 3. The van der Waals surface area contributed by atoms with Crippen LogP contribution >= 0.6 is 11.3 Å². The number of amides is 1. The second-order valence-electron chi connectivity index (χ2n) is 6.47. The number of carbonyl (C=O) groups excluding carboxylic acids is 1. The Morgan fingerprint density at radius 1 is 1.22 bits per heavy atom. The number of aromatic carboxylic acids is 1. The molecule has 7 nitrogen and oxygen atoms in total. The lowest BCUT2D eigenvalue weighted by Gasteiger charge is -2.24. The molecule has 1 aliphatic rings. The van der Waals surface area contributed by atoms with Crippen LogP contribution in [0.1, 0.15) is 33.0 Å². The van der Waals surface area contributed by atoms with Gasteiger partial charge in [0.15, 0.2) is 0 Å². The van der Waals surface area contributed by atoms with Crippen LogP contribution < -0.4 is 0 Å². The van der Waals surface area contributed by atoms with Crippen molar-refractivity contribution in [3.8, 4) is 11.5 Å². The lowest BCUT2D eigenvalue weighted by molar-refractivity contribution is -0.129. The lowest BCUT2D eigenvalue weighted by Crippen LogP contribution is -2.37. The predicted octanol–water partition coefficient (Wildman–Crippen LogP) is 2.61. The van der Waals surface area contributed by atoms with Crippen molar-refractivity contribution in [1.82, 2.24) is 4.90 Å². The van der Waals surface area contributed by atoms with Crippen LogP contribution in [0.3, 0.4) is 0 Å². The van der Waals surface area contributed by atoms with Gasteiger partial charge in [0.25, 0.3) is 0 Å². The molecular formula is C19H21NO6S. The molecule has 2 aromatic rings. The fourth-order valence-corrected chi connectivity index (χ4v) is 3.97. The molecule has 0 radical (unpaired) electrons. The molecule has 3 rings (SSSR count). The number of benzene rings is 1. The maximum atomic E-state index is 12.2. The Labute approximate surface area is 160 Å². The van der Waals surface area contributed by atoms with E-state index < -0.39 is 5.97 Å². The topological polar surface area (TPSA) is 107 Å². The summed E-state index contributed by atoms with van der Waals surface area (Å²) in [7, 11) is 0. The lowest BCUT2D eigenvalue weighted by atomic mass is 10.1. The van der Waals surface area contributed by atoms with Crippen molar-refractivity contribution in [2.75, 3.05) is 13.2 Å². The highest BCUT2D eigenvalue weighted by Gasteiger charge is 2.30. The van der Waals surface area contributed by atoms with Crippen LogP contribution in [0.4, 0.5) is 0 Å².